The van der Waals surface area contributed by atoms with E-state index in [2.05, 4.69) is 5.10 Å². The SMILES string of the molecule is CCOP(C)(=O)Cc1ccn(-c2ccc(N)c(F)c2)n1. The molecular weight excluding hydrogens is 280 g/mol. The monoisotopic (exact) mass is 297 g/mol. The fourth-order valence-corrected chi connectivity index (χ4v) is 3.26. The highest BCUT2D eigenvalue weighted by Gasteiger charge is 2.18. The zero-order valence-electron chi connectivity index (χ0n) is 11.4. The maximum absolute atomic E-state index is 13.4. The molecule has 1 aromatic heterocycles. The van der Waals surface area contributed by atoms with Gasteiger partial charge in [-0.1, -0.05) is 0 Å². The Morgan fingerprint density at radius 1 is 1.45 bits per heavy atom. The lowest BCUT2D eigenvalue weighted by Crippen LogP contribution is -1.99. The summed E-state index contributed by atoms with van der Waals surface area (Å²) in [5, 5.41) is 4.28. The quantitative estimate of drug-likeness (QED) is 0.680. The van der Waals surface area contributed by atoms with Crippen molar-refractivity contribution in [1.29, 1.82) is 0 Å². The van der Waals surface area contributed by atoms with E-state index in [0.29, 0.717) is 18.0 Å². The van der Waals surface area contributed by atoms with Gasteiger partial charge < -0.3 is 10.3 Å². The summed E-state index contributed by atoms with van der Waals surface area (Å²) in [6, 6.07) is 6.20. The van der Waals surface area contributed by atoms with Crippen molar-refractivity contribution in [3.05, 3.63) is 42.0 Å². The van der Waals surface area contributed by atoms with E-state index in [9.17, 15) is 8.96 Å². The molecule has 1 heterocycles. The van der Waals surface area contributed by atoms with E-state index in [-0.39, 0.29) is 11.8 Å². The molecule has 0 saturated heterocycles. The van der Waals surface area contributed by atoms with Gasteiger partial charge in [0.15, 0.2) is 0 Å². The second-order valence-corrected chi connectivity index (χ2v) is 7.15. The summed E-state index contributed by atoms with van der Waals surface area (Å²) >= 11 is 0. The van der Waals surface area contributed by atoms with Gasteiger partial charge in [0.2, 0.25) is 7.37 Å². The molecule has 0 spiro atoms. The molecule has 0 fully saturated rings. The molecule has 0 bridgehead atoms. The summed E-state index contributed by atoms with van der Waals surface area (Å²) in [7, 11) is -2.68. The summed E-state index contributed by atoms with van der Waals surface area (Å²) in [6.07, 6.45) is 1.94. The Labute approximate surface area is 117 Å². The Kier molecular flexibility index (Phi) is 4.26. The van der Waals surface area contributed by atoms with E-state index < -0.39 is 13.2 Å². The lowest BCUT2D eigenvalue weighted by molar-refractivity contribution is 0.336. The van der Waals surface area contributed by atoms with Gasteiger partial charge >= 0.3 is 0 Å². The van der Waals surface area contributed by atoms with Crippen LogP contribution in [0.3, 0.4) is 0 Å². The predicted molar refractivity (Wildman–Crippen MR) is 76.8 cm³/mol. The van der Waals surface area contributed by atoms with Crippen LogP contribution >= 0.6 is 7.37 Å². The van der Waals surface area contributed by atoms with Gasteiger partial charge in [0.1, 0.15) is 5.82 Å². The third-order valence-corrected chi connectivity index (χ3v) is 4.45. The van der Waals surface area contributed by atoms with Crippen LogP contribution in [0.2, 0.25) is 0 Å². The van der Waals surface area contributed by atoms with Crippen LogP contribution in [0.1, 0.15) is 12.6 Å². The van der Waals surface area contributed by atoms with Gasteiger partial charge in [0.25, 0.3) is 0 Å². The number of nitrogens with two attached hydrogens (primary N) is 1. The van der Waals surface area contributed by atoms with E-state index in [1.54, 1.807) is 31.9 Å². The molecule has 1 unspecified atom stereocenters. The Balaban J connectivity index is 2.20. The first-order chi connectivity index (χ1) is 9.41. The lowest BCUT2D eigenvalue weighted by atomic mass is 10.3. The van der Waals surface area contributed by atoms with E-state index in [1.165, 1.54) is 16.8 Å². The van der Waals surface area contributed by atoms with Crippen molar-refractivity contribution < 1.29 is 13.5 Å². The number of halogens is 1. The fourth-order valence-electron chi connectivity index (χ4n) is 1.86. The molecule has 0 saturated carbocycles. The van der Waals surface area contributed by atoms with Crippen LogP contribution in [0.15, 0.2) is 30.5 Å². The maximum atomic E-state index is 13.4. The number of rotatable bonds is 5. The van der Waals surface area contributed by atoms with Crippen LogP contribution in [0.25, 0.3) is 5.69 Å². The van der Waals surface area contributed by atoms with Crippen LogP contribution < -0.4 is 5.73 Å². The maximum Gasteiger partial charge on any atom is 0.206 e. The standard InChI is InChI=1S/C13H17FN3O2P/c1-3-19-20(2,18)9-10-6-7-17(16-10)11-4-5-13(15)12(14)8-11/h4-8H,3,9,15H2,1-2H3. The van der Waals surface area contributed by atoms with Crippen LogP contribution in [-0.4, -0.2) is 23.1 Å². The molecular formula is C13H17FN3O2P. The Hall–Kier alpha value is -1.65. The molecule has 108 valence electrons. The Morgan fingerprint density at radius 2 is 2.20 bits per heavy atom. The minimum Gasteiger partial charge on any atom is -0.396 e. The minimum absolute atomic E-state index is 0.0931. The molecule has 5 nitrogen and oxygen atoms in total. The first kappa shape index (κ1) is 14.8. The number of benzene rings is 1. The molecule has 1 atom stereocenters. The normalized spacial score (nSPS) is 14.2. The number of aromatic nitrogens is 2. The van der Waals surface area contributed by atoms with Crippen molar-refractivity contribution in [3.63, 3.8) is 0 Å². The van der Waals surface area contributed by atoms with Crippen molar-refractivity contribution in [2.45, 2.75) is 13.1 Å². The molecule has 20 heavy (non-hydrogen) atoms. The van der Waals surface area contributed by atoms with Crippen molar-refractivity contribution in [2.24, 2.45) is 0 Å². The number of hydrogen-bond acceptors (Lipinski definition) is 4. The predicted octanol–water partition coefficient (Wildman–Crippen LogP) is 3.04. The molecule has 0 amide bonds. The van der Waals surface area contributed by atoms with Gasteiger partial charge in [0, 0.05) is 18.9 Å². The number of hydrogen-bond donors (Lipinski definition) is 1. The number of nitrogens with zero attached hydrogens (tertiary/aromatic N) is 2. The van der Waals surface area contributed by atoms with Crippen molar-refractivity contribution >= 4 is 13.1 Å². The first-order valence-corrected chi connectivity index (χ1v) is 8.48. The van der Waals surface area contributed by atoms with Gasteiger partial charge in [-0.3, -0.25) is 4.57 Å². The van der Waals surface area contributed by atoms with Gasteiger partial charge in [-0.25, -0.2) is 9.07 Å². The zero-order valence-corrected chi connectivity index (χ0v) is 12.3. The zero-order chi connectivity index (χ0) is 14.8. The average molecular weight is 297 g/mol. The summed E-state index contributed by atoms with van der Waals surface area (Å²) < 4.78 is 32.2. The van der Waals surface area contributed by atoms with Crippen molar-refractivity contribution in [1.82, 2.24) is 9.78 Å². The molecule has 0 aliphatic carbocycles. The molecule has 2 aromatic rings. The second kappa shape index (κ2) is 5.77. The third kappa shape index (κ3) is 3.46. The lowest BCUT2D eigenvalue weighted by Gasteiger charge is -2.10. The van der Waals surface area contributed by atoms with E-state index >= 15 is 0 Å². The highest BCUT2D eigenvalue weighted by atomic mass is 31.2. The summed E-state index contributed by atoms with van der Waals surface area (Å²) in [5.41, 5.74) is 6.72. The topological polar surface area (TPSA) is 70.1 Å². The average Bonchev–Trinajstić information content (AvgIpc) is 2.80. The van der Waals surface area contributed by atoms with E-state index in [1.807, 2.05) is 0 Å². The highest BCUT2D eigenvalue weighted by Crippen LogP contribution is 2.45. The van der Waals surface area contributed by atoms with Gasteiger partial charge in [-0.05, 0) is 25.1 Å². The van der Waals surface area contributed by atoms with Crippen LogP contribution in [0, 0.1) is 5.82 Å². The molecule has 0 aliphatic rings. The van der Waals surface area contributed by atoms with Crippen molar-refractivity contribution in [2.75, 3.05) is 19.0 Å². The number of anilines is 1. The van der Waals surface area contributed by atoms with Crippen LogP contribution in [0.5, 0.6) is 0 Å². The van der Waals surface area contributed by atoms with Gasteiger partial charge in [-0.2, -0.15) is 5.10 Å². The summed E-state index contributed by atoms with van der Waals surface area (Å²) in [4.78, 5) is 0. The largest absolute Gasteiger partial charge is 0.396 e. The molecule has 0 aliphatic heterocycles. The van der Waals surface area contributed by atoms with E-state index in [0.717, 1.165) is 0 Å². The number of nitrogen functional groups attached to an aromatic ring is 1. The smallest absolute Gasteiger partial charge is 0.206 e. The molecule has 2 rings (SSSR count). The fraction of sp³-hybridized carbons (Fsp3) is 0.308. The third-order valence-electron chi connectivity index (χ3n) is 2.74. The Morgan fingerprint density at radius 3 is 2.85 bits per heavy atom. The van der Waals surface area contributed by atoms with E-state index in [4.69, 9.17) is 10.3 Å². The van der Waals surface area contributed by atoms with Gasteiger partial charge in [-0.15, -0.1) is 0 Å². The highest BCUT2D eigenvalue weighted by molar-refractivity contribution is 7.57. The summed E-state index contributed by atoms with van der Waals surface area (Å²) in [6.45, 7) is 3.78. The van der Waals surface area contributed by atoms with Crippen LogP contribution in [0.4, 0.5) is 10.1 Å². The molecule has 2 N–H and O–H groups in total. The Bertz CT molecular complexity index is 657. The molecule has 0 radical (unpaired) electrons. The summed E-state index contributed by atoms with van der Waals surface area (Å²) in [5.74, 6) is -0.491. The molecule has 7 heteroatoms. The van der Waals surface area contributed by atoms with Crippen LogP contribution in [-0.2, 0) is 15.3 Å². The first-order valence-electron chi connectivity index (χ1n) is 6.22. The minimum atomic E-state index is -2.68. The second-order valence-electron chi connectivity index (χ2n) is 4.55. The van der Waals surface area contributed by atoms with Gasteiger partial charge in [0.05, 0.1) is 29.8 Å². The molecule has 1 aromatic carbocycles. The van der Waals surface area contributed by atoms with Crippen molar-refractivity contribution in [3.8, 4) is 5.69 Å².